The van der Waals surface area contributed by atoms with Gasteiger partial charge < -0.3 is 9.33 Å². The van der Waals surface area contributed by atoms with E-state index in [0.29, 0.717) is 16.4 Å². The van der Waals surface area contributed by atoms with E-state index in [-0.39, 0.29) is 23.9 Å². The minimum Gasteiger partial charge on any atom is -0.412 e. The van der Waals surface area contributed by atoms with Crippen LogP contribution >= 0.6 is 0 Å². The molecule has 0 saturated carbocycles. The Morgan fingerprint density at radius 2 is 1.75 bits per heavy atom. The minimum absolute atomic E-state index is 0.186. The van der Waals surface area contributed by atoms with Gasteiger partial charge in [0.2, 0.25) is 0 Å². The molecule has 0 aromatic heterocycles. The molecule has 0 spiro atoms. The van der Waals surface area contributed by atoms with E-state index < -0.39 is 5.60 Å². The second-order valence-electron chi connectivity index (χ2n) is 5.65. The highest BCUT2D eigenvalue weighted by atomic mass is 28.2. The quantitative estimate of drug-likeness (QED) is 0.543. The van der Waals surface area contributed by atoms with Crippen LogP contribution in [0.3, 0.4) is 0 Å². The van der Waals surface area contributed by atoms with Crippen LogP contribution in [0.15, 0.2) is 0 Å². The number of nitrogens with zero attached hydrogens (tertiary/aromatic N) is 1. The summed E-state index contributed by atoms with van der Waals surface area (Å²) >= 11 is 0. The van der Waals surface area contributed by atoms with Crippen LogP contribution in [0.4, 0.5) is 0 Å². The molecule has 1 heterocycles. The summed E-state index contributed by atoms with van der Waals surface area (Å²) in [5.74, 6) is 0.877. The van der Waals surface area contributed by atoms with Crippen LogP contribution in [0.1, 0.15) is 41.5 Å². The summed E-state index contributed by atoms with van der Waals surface area (Å²) in [7, 11) is 0.617. The summed E-state index contributed by atoms with van der Waals surface area (Å²) in [4.78, 5) is 14.3. The molecule has 1 rings (SSSR count). The number of carbonyl (C=O) groups excluding carboxylic acids is 1. The second-order valence-corrected chi connectivity index (χ2v) is 6.06. The van der Waals surface area contributed by atoms with Gasteiger partial charge >= 0.3 is 0 Å². The van der Waals surface area contributed by atoms with Gasteiger partial charge in [-0.05, 0) is 25.7 Å². The zero-order chi connectivity index (χ0) is 12.7. The molecule has 0 aliphatic carbocycles. The maximum absolute atomic E-state index is 12.3. The Balaban J connectivity index is 3.08. The van der Waals surface area contributed by atoms with Crippen molar-refractivity contribution in [3.8, 4) is 0 Å². The van der Waals surface area contributed by atoms with Crippen molar-refractivity contribution in [2.24, 2.45) is 11.8 Å². The van der Waals surface area contributed by atoms with E-state index >= 15 is 0 Å². The predicted octanol–water partition coefficient (Wildman–Crippen LogP) is 0.953. The number of hydrogen-bond donors (Lipinski definition) is 0. The van der Waals surface area contributed by atoms with E-state index in [1.54, 1.807) is 0 Å². The van der Waals surface area contributed by atoms with Gasteiger partial charge in [-0.15, -0.1) is 0 Å². The standard InChI is InChI=1S/C12H25NO2Si/c1-7(2)10-12(15-16,8(3)4)11(14)13(10)9(5)6/h7-10H,1-6,16H3. The Labute approximate surface area is 102 Å². The van der Waals surface area contributed by atoms with Crippen LogP contribution in [0, 0.1) is 11.8 Å². The Morgan fingerprint density at radius 3 is 2.00 bits per heavy atom. The summed E-state index contributed by atoms with van der Waals surface area (Å²) < 4.78 is 5.75. The molecule has 2 atom stereocenters. The first kappa shape index (κ1) is 13.7. The second kappa shape index (κ2) is 4.49. The van der Waals surface area contributed by atoms with Gasteiger partial charge in [0.25, 0.3) is 5.91 Å². The zero-order valence-electron chi connectivity index (χ0n) is 11.6. The third-order valence-electron chi connectivity index (χ3n) is 3.69. The lowest BCUT2D eigenvalue weighted by Gasteiger charge is -2.60. The van der Waals surface area contributed by atoms with E-state index in [0.717, 1.165) is 0 Å². The van der Waals surface area contributed by atoms with E-state index in [2.05, 4.69) is 41.5 Å². The first-order valence-electron chi connectivity index (χ1n) is 6.18. The fourth-order valence-electron chi connectivity index (χ4n) is 3.00. The maximum Gasteiger partial charge on any atom is 0.256 e. The number of amides is 1. The van der Waals surface area contributed by atoms with Crippen LogP contribution in [-0.4, -0.2) is 39.0 Å². The number of hydrogen-bond acceptors (Lipinski definition) is 2. The average molecular weight is 243 g/mol. The lowest BCUT2D eigenvalue weighted by atomic mass is 9.69. The first-order chi connectivity index (χ1) is 7.30. The van der Waals surface area contributed by atoms with Gasteiger partial charge in [0.05, 0.1) is 6.04 Å². The van der Waals surface area contributed by atoms with Crippen molar-refractivity contribution in [2.45, 2.75) is 59.2 Å². The van der Waals surface area contributed by atoms with E-state index in [9.17, 15) is 4.79 Å². The molecule has 1 aliphatic rings. The van der Waals surface area contributed by atoms with Gasteiger partial charge in [-0.1, -0.05) is 27.7 Å². The van der Waals surface area contributed by atoms with Gasteiger partial charge in [-0.3, -0.25) is 4.79 Å². The van der Waals surface area contributed by atoms with E-state index in [1.165, 1.54) is 0 Å². The van der Waals surface area contributed by atoms with Gasteiger partial charge in [0.1, 0.15) is 10.5 Å². The molecule has 1 aliphatic heterocycles. The Morgan fingerprint density at radius 1 is 1.25 bits per heavy atom. The maximum atomic E-state index is 12.3. The number of likely N-dealkylation sites (tertiary alicyclic amines) is 1. The molecule has 2 unspecified atom stereocenters. The highest BCUT2D eigenvalue weighted by Gasteiger charge is 2.63. The molecule has 94 valence electrons. The van der Waals surface area contributed by atoms with Crippen molar-refractivity contribution in [1.29, 1.82) is 0 Å². The molecule has 0 radical (unpaired) electrons. The summed E-state index contributed by atoms with van der Waals surface area (Å²) in [5, 5.41) is 0. The summed E-state index contributed by atoms with van der Waals surface area (Å²) in [6, 6.07) is 0.501. The SMILES string of the molecule is CC(C)C1N(C(C)C)C(=O)C1(O[SiH3])C(C)C. The third-order valence-corrected chi connectivity index (χ3v) is 4.37. The van der Waals surface area contributed by atoms with Gasteiger partial charge in [0.15, 0.2) is 5.60 Å². The lowest BCUT2D eigenvalue weighted by Crippen LogP contribution is -2.79. The van der Waals surface area contributed by atoms with Crippen LogP contribution in [-0.2, 0) is 9.22 Å². The van der Waals surface area contributed by atoms with Crippen molar-refractivity contribution < 1.29 is 9.22 Å². The molecule has 0 N–H and O–H groups in total. The third kappa shape index (κ3) is 1.63. The largest absolute Gasteiger partial charge is 0.412 e. The van der Waals surface area contributed by atoms with Crippen molar-refractivity contribution >= 4 is 16.4 Å². The summed E-state index contributed by atoms with van der Waals surface area (Å²) in [5.41, 5.74) is -0.537. The molecule has 1 amide bonds. The highest BCUT2D eigenvalue weighted by Crippen LogP contribution is 2.44. The van der Waals surface area contributed by atoms with Crippen LogP contribution in [0.25, 0.3) is 0 Å². The first-order valence-corrected chi connectivity index (χ1v) is 7.00. The number of rotatable bonds is 4. The Bertz CT molecular complexity index is 278. The smallest absolute Gasteiger partial charge is 0.256 e. The molecular weight excluding hydrogens is 218 g/mol. The molecule has 0 aromatic carbocycles. The zero-order valence-corrected chi connectivity index (χ0v) is 13.6. The highest BCUT2D eigenvalue weighted by molar-refractivity contribution is 6.03. The molecule has 1 saturated heterocycles. The molecule has 16 heavy (non-hydrogen) atoms. The Hall–Kier alpha value is -0.353. The van der Waals surface area contributed by atoms with Gasteiger partial charge in [-0.2, -0.15) is 0 Å². The molecule has 1 fully saturated rings. The average Bonchev–Trinajstić information content (AvgIpc) is 2.13. The van der Waals surface area contributed by atoms with E-state index in [1.807, 2.05) is 4.90 Å². The monoisotopic (exact) mass is 243 g/mol. The number of β-lactam (4-membered cyclic amide) rings is 1. The van der Waals surface area contributed by atoms with Gasteiger partial charge in [0, 0.05) is 6.04 Å². The summed E-state index contributed by atoms with van der Waals surface area (Å²) in [6.45, 7) is 12.7. The van der Waals surface area contributed by atoms with Gasteiger partial charge in [-0.25, -0.2) is 0 Å². The molecule has 0 aromatic rings. The lowest BCUT2D eigenvalue weighted by molar-refractivity contribution is -0.204. The van der Waals surface area contributed by atoms with E-state index in [4.69, 9.17) is 4.43 Å². The number of carbonyl (C=O) groups is 1. The Kier molecular flexibility index (Phi) is 3.85. The van der Waals surface area contributed by atoms with Crippen LogP contribution in [0.5, 0.6) is 0 Å². The topological polar surface area (TPSA) is 29.5 Å². The molecule has 4 heteroatoms. The molecular formula is C12H25NO2Si. The van der Waals surface area contributed by atoms with Crippen molar-refractivity contribution in [1.82, 2.24) is 4.90 Å². The fraction of sp³-hybridized carbons (Fsp3) is 0.917. The van der Waals surface area contributed by atoms with Crippen molar-refractivity contribution in [2.75, 3.05) is 0 Å². The van der Waals surface area contributed by atoms with Crippen LogP contribution in [0.2, 0.25) is 0 Å². The van der Waals surface area contributed by atoms with Crippen molar-refractivity contribution in [3.63, 3.8) is 0 Å². The normalized spacial score (nSPS) is 30.7. The minimum atomic E-state index is -0.537. The van der Waals surface area contributed by atoms with Crippen LogP contribution < -0.4 is 0 Å². The molecule has 3 nitrogen and oxygen atoms in total. The molecule has 0 bridgehead atoms. The summed E-state index contributed by atoms with van der Waals surface area (Å²) in [6.07, 6.45) is 0. The van der Waals surface area contributed by atoms with Crippen molar-refractivity contribution in [3.05, 3.63) is 0 Å². The fourth-order valence-corrected chi connectivity index (χ4v) is 3.89. The predicted molar refractivity (Wildman–Crippen MR) is 69.2 cm³/mol.